The molecule has 0 aliphatic carbocycles. The van der Waals surface area contributed by atoms with E-state index < -0.39 is 5.97 Å². The summed E-state index contributed by atoms with van der Waals surface area (Å²) in [5.74, 6) is -0.260. The fourth-order valence-corrected chi connectivity index (χ4v) is 2.51. The number of ether oxygens (including phenoxy) is 2. The molecule has 25 heavy (non-hydrogen) atoms. The number of amides is 1. The summed E-state index contributed by atoms with van der Waals surface area (Å²) in [5, 5.41) is 6.91. The van der Waals surface area contributed by atoms with Crippen LogP contribution in [-0.4, -0.2) is 41.9 Å². The second kappa shape index (κ2) is 8.53. The van der Waals surface area contributed by atoms with Gasteiger partial charge in [-0.05, 0) is 31.0 Å². The Bertz CT molecular complexity index is 756. The number of esters is 1. The van der Waals surface area contributed by atoms with Gasteiger partial charge >= 0.3 is 5.97 Å². The maximum absolute atomic E-state index is 12.0. The Morgan fingerprint density at radius 1 is 1.28 bits per heavy atom. The molecule has 8 heteroatoms. The van der Waals surface area contributed by atoms with Gasteiger partial charge in [0, 0.05) is 13.6 Å². The van der Waals surface area contributed by atoms with E-state index >= 15 is 0 Å². The molecule has 0 unspecified atom stereocenters. The number of aromatic nitrogens is 2. The van der Waals surface area contributed by atoms with E-state index in [9.17, 15) is 9.59 Å². The summed E-state index contributed by atoms with van der Waals surface area (Å²) in [5.41, 5.74) is 1.70. The molecule has 2 aromatic rings. The Balaban J connectivity index is 1.75. The van der Waals surface area contributed by atoms with E-state index in [1.807, 2.05) is 24.3 Å². The topological polar surface area (TPSA) is 82.4 Å². The molecule has 1 N–H and O–H groups in total. The van der Waals surface area contributed by atoms with E-state index in [0.29, 0.717) is 18.7 Å². The Hall–Kier alpha value is -2.54. The number of nitrogens with one attached hydrogen (secondary N) is 1. The molecule has 0 radical (unpaired) electrons. The second-order valence-corrected chi connectivity index (χ2v) is 5.76. The minimum Gasteiger partial charge on any atom is -0.497 e. The molecule has 7 nitrogen and oxygen atoms in total. The van der Waals surface area contributed by atoms with Crippen LogP contribution in [0.15, 0.2) is 24.3 Å². The number of aryl methyl sites for hydroxylation is 2. The first-order valence-electron chi connectivity index (χ1n) is 7.68. The molecule has 0 spiro atoms. The van der Waals surface area contributed by atoms with Gasteiger partial charge in [0.25, 0.3) is 5.91 Å². The molecular formula is C17H20ClN3O4. The number of hydrogen-bond donors (Lipinski definition) is 1. The van der Waals surface area contributed by atoms with Crippen LogP contribution in [0.1, 0.15) is 21.6 Å². The summed E-state index contributed by atoms with van der Waals surface area (Å²) in [7, 11) is 3.23. The van der Waals surface area contributed by atoms with E-state index in [1.54, 1.807) is 21.1 Å². The highest BCUT2D eigenvalue weighted by atomic mass is 35.5. The van der Waals surface area contributed by atoms with Crippen molar-refractivity contribution in [1.82, 2.24) is 15.1 Å². The second-order valence-electron chi connectivity index (χ2n) is 5.40. The summed E-state index contributed by atoms with van der Waals surface area (Å²) in [6, 6.07) is 7.58. The van der Waals surface area contributed by atoms with Gasteiger partial charge < -0.3 is 14.8 Å². The van der Waals surface area contributed by atoms with Crippen LogP contribution in [0.25, 0.3) is 0 Å². The number of carbonyl (C=O) groups excluding carboxylic acids is 2. The SMILES string of the molecule is COc1ccc(CCNC(=O)COC(=O)c2c(C)nn(C)c2Cl)cc1. The van der Waals surface area contributed by atoms with Crippen LogP contribution in [0.4, 0.5) is 0 Å². The lowest BCUT2D eigenvalue weighted by atomic mass is 10.1. The van der Waals surface area contributed by atoms with Crippen LogP contribution in [0.2, 0.25) is 5.15 Å². The maximum Gasteiger partial charge on any atom is 0.343 e. The third kappa shape index (κ3) is 4.96. The van der Waals surface area contributed by atoms with Crippen molar-refractivity contribution in [3.05, 3.63) is 46.2 Å². The quantitative estimate of drug-likeness (QED) is 0.758. The normalized spacial score (nSPS) is 10.4. The summed E-state index contributed by atoms with van der Waals surface area (Å²) in [6.07, 6.45) is 0.664. The van der Waals surface area contributed by atoms with Crippen molar-refractivity contribution in [1.29, 1.82) is 0 Å². The van der Waals surface area contributed by atoms with Gasteiger partial charge in [0.15, 0.2) is 6.61 Å². The van der Waals surface area contributed by atoms with Crippen molar-refractivity contribution in [2.24, 2.45) is 7.05 Å². The summed E-state index contributed by atoms with van der Waals surface area (Å²) in [6.45, 7) is 1.72. The van der Waals surface area contributed by atoms with Gasteiger partial charge in [-0.25, -0.2) is 4.79 Å². The predicted octanol–water partition coefficient (Wildman–Crippen LogP) is 1.91. The molecular weight excluding hydrogens is 346 g/mol. The van der Waals surface area contributed by atoms with Gasteiger partial charge in [-0.2, -0.15) is 5.10 Å². The highest BCUT2D eigenvalue weighted by Crippen LogP contribution is 2.19. The van der Waals surface area contributed by atoms with Crippen LogP contribution in [-0.2, 0) is 23.0 Å². The minimum absolute atomic E-state index is 0.176. The third-order valence-electron chi connectivity index (χ3n) is 3.59. The summed E-state index contributed by atoms with van der Waals surface area (Å²) < 4.78 is 11.5. The van der Waals surface area contributed by atoms with E-state index in [1.165, 1.54) is 4.68 Å². The number of rotatable bonds is 7. The lowest BCUT2D eigenvalue weighted by Gasteiger charge is -2.07. The van der Waals surface area contributed by atoms with Gasteiger partial charge in [-0.3, -0.25) is 9.48 Å². The Morgan fingerprint density at radius 3 is 2.52 bits per heavy atom. The van der Waals surface area contributed by atoms with Crippen molar-refractivity contribution >= 4 is 23.5 Å². The van der Waals surface area contributed by atoms with Crippen LogP contribution in [0, 0.1) is 6.92 Å². The zero-order valence-electron chi connectivity index (χ0n) is 14.3. The number of benzene rings is 1. The Kier molecular flexibility index (Phi) is 6.41. The molecule has 1 aromatic heterocycles. The monoisotopic (exact) mass is 365 g/mol. The van der Waals surface area contributed by atoms with Crippen molar-refractivity contribution < 1.29 is 19.1 Å². The van der Waals surface area contributed by atoms with E-state index in [0.717, 1.165) is 11.3 Å². The molecule has 0 atom stereocenters. The molecule has 0 aliphatic rings. The number of hydrogen-bond acceptors (Lipinski definition) is 5. The lowest BCUT2D eigenvalue weighted by Crippen LogP contribution is -2.30. The highest BCUT2D eigenvalue weighted by molar-refractivity contribution is 6.32. The maximum atomic E-state index is 12.0. The molecule has 0 bridgehead atoms. The van der Waals surface area contributed by atoms with Gasteiger partial charge in [-0.15, -0.1) is 0 Å². The van der Waals surface area contributed by atoms with E-state index in [2.05, 4.69) is 10.4 Å². The fraction of sp³-hybridized carbons (Fsp3) is 0.353. The molecule has 0 saturated carbocycles. The van der Waals surface area contributed by atoms with Crippen molar-refractivity contribution in [2.45, 2.75) is 13.3 Å². The standard InChI is InChI=1S/C17H20ClN3O4/c1-11-15(16(18)21(2)20-11)17(23)25-10-14(22)19-9-8-12-4-6-13(24-3)7-5-12/h4-7H,8-10H2,1-3H3,(H,19,22). The number of nitrogens with zero attached hydrogens (tertiary/aromatic N) is 2. The molecule has 0 aliphatic heterocycles. The summed E-state index contributed by atoms with van der Waals surface area (Å²) >= 11 is 5.99. The fourth-order valence-electron chi connectivity index (χ4n) is 2.25. The number of halogens is 1. The van der Waals surface area contributed by atoms with Crippen LogP contribution in [0.3, 0.4) is 0 Å². The molecule has 1 heterocycles. The van der Waals surface area contributed by atoms with Gasteiger partial charge in [0.1, 0.15) is 16.5 Å². The molecule has 1 amide bonds. The first kappa shape index (κ1) is 18.8. The van der Waals surface area contributed by atoms with Crippen molar-refractivity contribution in [3.63, 3.8) is 0 Å². The first-order chi connectivity index (χ1) is 11.9. The average molecular weight is 366 g/mol. The molecule has 0 fully saturated rings. The molecule has 1 aromatic carbocycles. The molecule has 134 valence electrons. The summed E-state index contributed by atoms with van der Waals surface area (Å²) in [4.78, 5) is 23.8. The van der Waals surface area contributed by atoms with Gasteiger partial charge in [0.2, 0.25) is 0 Å². The van der Waals surface area contributed by atoms with Gasteiger partial charge in [-0.1, -0.05) is 23.7 Å². The van der Waals surface area contributed by atoms with Crippen LogP contribution in [0.5, 0.6) is 5.75 Å². The van der Waals surface area contributed by atoms with Crippen LogP contribution < -0.4 is 10.1 Å². The number of methoxy groups -OCH3 is 1. The van der Waals surface area contributed by atoms with E-state index in [4.69, 9.17) is 21.1 Å². The molecule has 2 rings (SSSR count). The minimum atomic E-state index is -0.666. The average Bonchev–Trinajstić information content (AvgIpc) is 2.85. The van der Waals surface area contributed by atoms with Crippen molar-refractivity contribution in [3.8, 4) is 5.75 Å². The Morgan fingerprint density at radius 2 is 1.96 bits per heavy atom. The third-order valence-corrected chi connectivity index (χ3v) is 4.02. The zero-order valence-corrected chi connectivity index (χ0v) is 15.1. The van der Waals surface area contributed by atoms with Crippen LogP contribution >= 0.6 is 11.6 Å². The lowest BCUT2D eigenvalue weighted by molar-refractivity contribution is -0.124. The zero-order chi connectivity index (χ0) is 18.4. The number of carbonyl (C=O) groups is 2. The predicted molar refractivity (Wildman–Crippen MR) is 92.9 cm³/mol. The van der Waals surface area contributed by atoms with Gasteiger partial charge in [0.05, 0.1) is 12.8 Å². The van der Waals surface area contributed by atoms with Crippen molar-refractivity contribution in [2.75, 3.05) is 20.3 Å². The first-order valence-corrected chi connectivity index (χ1v) is 8.06. The van der Waals surface area contributed by atoms with E-state index in [-0.39, 0.29) is 23.2 Å². The highest BCUT2D eigenvalue weighted by Gasteiger charge is 2.21. The molecule has 0 saturated heterocycles. The Labute approximate surface area is 150 Å². The smallest absolute Gasteiger partial charge is 0.343 e. The largest absolute Gasteiger partial charge is 0.497 e.